The van der Waals surface area contributed by atoms with Crippen molar-refractivity contribution < 1.29 is 13.2 Å². The summed E-state index contributed by atoms with van der Waals surface area (Å²) in [5, 5.41) is 0. The van der Waals surface area contributed by atoms with Crippen LogP contribution in [0.5, 0.6) is 0 Å². The lowest BCUT2D eigenvalue weighted by molar-refractivity contribution is -0.0347. The average molecular weight is 176 g/mol. The van der Waals surface area contributed by atoms with Gasteiger partial charge in [0.05, 0.1) is 0 Å². The Morgan fingerprint density at radius 1 is 1.11 bits per heavy atom. The van der Waals surface area contributed by atoms with E-state index in [0.29, 0.717) is 0 Å². The summed E-state index contributed by atoms with van der Waals surface area (Å²) in [6.07, 6.45) is 0. The fraction of sp³-hybridized carbons (Fsp3) is 1.00. The largest absolute Gasteiger partial charge is 0.431 e. The maximum atomic E-state index is 11.6. The molecule has 5 heteroatoms. The van der Waals surface area contributed by atoms with Crippen molar-refractivity contribution in [2.24, 2.45) is 0 Å². The number of rotatable bonds is 0. The van der Waals surface area contributed by atoms with Crippen molar-refractivity contribution in [2.45, 2.75) is 5.92 Å². The van der Waals surface area contributed by atoms with Crippen LogP contribution < -0.4 is 0 Å². The summed E-state index contributed by atoms with van der Waals surface area (Å²) in [6.45, 7) is 3.32. The molecule has 0 nitrogen and oxygen atoms in total. The molecule has 0 aromatic heterocycles. The minimum atomic E-state index is -3.99. The van der Waals surface area contributed by atoms with Crippen LogP contribution in [-0.4, -0.2) is 25.9 Å². The molecule has 0 spiro atoms. The highest BCUT2D eigenvalue weighted by Crippen LogP contribution is 2.53. The van der Waals surface area contributed by atoms with Gasteiger partial charge in [0, 0.05) is 7.87 Å². The van der Waals surface area contributed by atoms with E-state index in [1.807, 2.05) is 0 Å². The topological polar surface area (TPSA) is 0 Å². The van der Waals surface area contributed by atoms with Crippen molar-refractivity contribution in [2.75, 3.05) is 20.0 Å². The second-order valence-electron chi connectivity index (χ2n) is 2.51. The fourth-order valence-corrected chi connectivity index (χ4v) is 3.06. The van der Waals surface area contributed by atoms with Crippen LogP contribution in [0.15, 0.2) is 0 Å². The Morgan fingerprint density at radius 2 is 1.44 bits per heavy atom. The zero-order valence-electron chi connectivity index (χ0n) is 5.53. The molecule has 0 aromatic rings. The summed E-state index contributed by atoms with van der Waals surface area (Å²) in [7, 11) is -0.356. The average Bonchev–Trinajstić information content (AvgIpc) is 1.14. The monoisotopic (exact) mass is 176 g/mol. The Balaban J connectivity index is 4.32. The molecule has 0 unspecified atom stereocenters. The zero-order chi connectivity index (χ0) is 7.71. The van der Waals surface area contributed by atoms with Crippen LogP contribution in [-0.2, 0) is 0 Å². The summed E-state index contributed by atoms with van der Waals surface area (Å²) < 4.78 is 34.7. The van der Waals surface area contributed by atoms with Gasteiger partial charge >= 0.3 is 5.92 Å². The molecule has 0 aliphatic rings. The molecular weight excluding hydrogens is 167 g/mol. The molecule has 0 saturated carbocycles. The van der Waals surface area contributed by atoms with Crippen LogP contribution in [0, 0.1) is 0 Å². The summed E-state index contributed by atoms with van der Waals surface area (Å²) in [6, 6.07) is 0. The van der Waals surface area contributed by atoms with E-state index in [1.54, 1.807) is 20.0 Å². The molecule has 9 heavy (non-hydrogen) atoms. The van der Waals surface area contributed by atoms with Crippen LogP contribution in [0.2, 0.25) is 0 Å². The Hall–Kier alpha value is 0.520. The molecule has 0 bridgehead atoms. The first-order chi connectivity index (χ1) is 3.71. The van der Waals surface area contributed by atoms with Crippen molar-refractivity contribution >= 4 is 14.4 Å². The third-order valence-corrected chi connectivity index (χ3v) is 3.72. The van der Waals surface area contributed by atoms with Crippen LogP contribution in [0.1, 0.15) is 0 Å². The molecule has 0 rings (SSSR count). The molecule has 0 heterocycles. The zero-order valence-corrected chi connectivity index (χ0v) is 7.32. The van der Waals surface area contributed by atoms with Gasteiger partial charge in [-0.05, 0) is 20.0 Å². The number of hydrogen-bond donors (Lipinski definition) is 0. The quantitative estimate of drug-likeness (QED) is 0.497. The molecule has 0 amide bonds. The highest BCUT2D eigenvalue weighted by Gasteiger charge is 2.25. The predicted octanol–water partition coefficient (Wildman–Crippen LogP) is 3.27. The van der Waals surface area contributed by atoms with Crippen LogP contribution in [0.3, 0.4) is 0 Å². The normalized spacial score (nSPS) is 14.4. The fourth-order valence-electron chi connectivity index (χ4n) is 0.340. The van der Waals surface area contributed by atoms with E-state index in [1.165, 1.54) is 0 Å². The van der Waals surface area contributed by atoms with Gasteiger partial charge in [-0.15, -0.1) is 0 Å². The molecule has 0 aromatic carbocycles. The Bertz CT molecular complexity index is 132. The predicted molar refractivity (Wildman–Crippen MR) is 37.7 cm³/mol. The van der Waals surface area contributed by atoms with E-state index in [-0.39, 0.29) is 7.87 Å². The summed E-state index contributed by atoms with van der Waals surface area (Å²) in [5.41, 5.74) is 0. The van der Waals surface area contributed by atoms with Crippen molar-refractivity contribution in [1.29, 1.82) is 0 Å². The molecule has 0 aliphatic heterocycles. The van der Waals surface area contributed by atoms with Gasteiger partial charge in [-0.1, -0.05) is 6.55 Å². The minimum absolute atomic E-state index is 0.356. The summed E-state index contributed by atoms with van der Waals surface area (Å²) >= 11 is 0. The number of halogens is 3. The Morgan fingerprint density at radius 3 is 1.44 bits per heavy atom. The Labute approximate surface area is 54.4 Å². The summed E-state index contributed by atoms with van der Waals surface area (Å²) in [5.74, 6) is -3.99. The molecule has 0 fully saturated rings. The van der Waals surface area contributed by atoms with Gasteiger partial charge < -0.3 is 0 Å². The third kappa shape index (κ3) is 8.52. The molecule has 0 saturated heterocycles. The lowest BCUT2D eigenvalue weighted by atomic mass is 11.6. The van der Waals surface area contributed by atoms with Crippen molar-refractivity contribution in [3.05, 3.63) is 0 Å². The molecule has 0 atom stereocenters. The highest BCUT2D eigenvalue weighted by atomic mass is 31.8. The van der Waals surface area contributed by atoms with Gasteiger partial charge in [-0.25, -0.2) is 0 Å². The maximum absolute atomic E-state index is 11.6. The van der Waals surface area contributed by atoms with Crippen LogP contribution >= 0.6 is 14.4 Å². The lowest BCUT2D eigenvalue weighted by Crippen LogP contribution is -1.92. The lowest BCUT2D eigenvalue weighted by Gasteiger charge is -2.07. The van der Waals surface area contributed by atoms with Crippen LogP contribution in [0.4, 0.5) is 13.2 Å². The first kappa shape index (κ1) is 9.52. The SMILES string of the molecule is CP(C)(C)=PC(F)(F)F. The van der Waals surface area contributed by atoms with E-state index in [0.717, 1.165) is 0 Å². The third-order valence-electron chi connectivity index (χ3n) is 0.413. The molecule has 0 aliphatic carbocycles. The van der Waals surface area contributed by atoms with Crippen molar-refractivity contribution in [3.63, 3.8) is 0 Å². The number of alkyl halides is 3. The molecular formula is C4H9F3P2. The van der Waals surface area contributed by atoms with Gasteiger partial charge in [-0.3, -0.25) is 0 Å². The van der Waals surface area contributed by atoms with Crippen molar-refractivity contribution in [3.8, 4) is 0 Å². The maximum Gasteiger partial charge on any atom is 0.431 e. The van der Waals surface area contributed by atoms with E-state index in [4.69, 9.17) is 0 Å². The van der Waals surface area contributed by atoms with E-state index in [2.05, 4.69) is 0 Å². The van der Waals surface area contributed by atoms with E-state index >= 15 is 0 Å². The van der Waals surface area contributed by atoms with Crippen molar-refractivity contribution in [1.82, 2.24) is 0 Å². The Kier molecular flexibility index (Phi) is 2.79. The van der Waals surface area contributed by atoms with Gasteiger partial charge in [0.1, 0.15) is 0 Å². The first-order valence-electron chi connectivity index (χ1n) is 2.33. The molecule has 0 N–H and O–H groups in total. The second kappa shape index (κ2) is 2.64. The molecule has 0 radical (unpaired) electrons. The molecule has 56 valence electrons. The standard InChI is InChI=1S/C4H9F3P2/c1-9(2,3)8-4(5,6)7/h1-3H3. The summed E-state index contributed by atoms with van der Waals surface area (Å²) in [4.78, 5) is 0. The van der Waals surface area contributed by atoms with E-state index < -0.39 is 12.5 Å². The van der Waals surface area contributed by atoms with Crippen LogP contribution in [0.25, 0.3) is 0 Å². The van der Waals surface area contributed by atoms with Gasteiger partial charge in [0.2, 0.25) is 0 Å². The first-order valence-corrected chi connectivity index (χ1v) is 7.06. The van der Waals surface area contributed by atoms with E-state index in [9.17, 15) is 13.2 Å². The minimum Gasteiger partial charge on any atom is -0.162 e. The number of hydrogen-bond acceptors (Lipinski definition) is 0. The van der Waals surface area contributed by atoms with Gasteiger partial charge in [-0.2, -0.15) is 13.2 Å². The van der Waals surface area contributed by atoms with Gasteiger partial charge in [0.15, 0.2) is 0 Å². The second-order valence-corrected chi connectivity index (χ2v) is 11.3. The van der Waals surface area contributed by atoms with Gasteiger partial charge in [0.25, 0.3) is 0 Å². The smallest absolute Gasteiger partial charge is 0.162 e. The highest BCUT2D eigenvalue weighted by molar-refractivity contribution is 8.04.